The topological polar surface area (TPSA) is 184 Å². The number of nitro groups is 1. The number of nitrogens with zero attached hydrogens (tertiary/aromatic N) is 5. The molecule has 400 valence electrons. The van der Waals surface area contributed by atoms with Gasteiger partial charge in [-0.1, -0.05) is 78.9 Å². The van der Waals surface area contributed by atoms with Gasteiger partial charge in [0.25, 0.3) is 29.3 Å². The number of fused-ring (bicyclic) bond motifs is 5. The number of nitrogens with one attached hydrogen (secondary N) is 1. The molecule has 20 heteroatoms. The Morgan fingerprint density at radius 2 is 1.14 bits per heavy atom. The smallest absolute Gasteiger partial charge is 0.411 e. The lowest BCUT2D eigenvalue weighted by molar-refractivity contribution is -0.384. The van der Waals surface area contributed by atoms with Gasteiger partial charge in [-0.3, -0.25) is 34.6 Å². The van der Waals surface area contributed by atoms with Crippen molar-refractivity contribution >= 4 is 52.1 Å². The molecule has 2 aliphatic heterocycles. The van der Waals surface area contributed by atoms with Gasteiger partial charge in [0.2, 0.25) is 5.41 Å². The molecule has 8 aromatic carbocycles. The summed E-state index contributed by atoms with van der Waals surface area (Å²) in [5.41, 5.74) is -5.69. The summed E-state index contributed by atoms with van der Waals surface area (Å²) < 4.78 is 98.8. The Morgan fingerprint density at radius 1 is 0.613 bits per heavy atom. The SMILES string of the molecule is CCN(CCOc1ccc(C2(c3ccc(O)c(N4C(=O)c5ccc(C(c6ccc7c(c6)C(=O)NC7=O)(C(F)(F)F)C(F)(F)F)cc5C4=O)c3)c3ccccc3-c3ccccc32)cc1)c1ccc(N=Nc2ccc([N+](=O)[O-])cc2)cc1. The minimum absolute atomic E-state index is 0.0526. The summed E-state index contributed by atoms with van der Waals surface area (Å²) in [6.07, 6.45) is -12.3. The molecule has 8 aromatic rings. The van der Waals surface area contributed by atoms with Gasteiger partial charge >= 0.3 is 12.4 Å². The fourth-order valence-corrected chi connectivity index (χ4v) is 11.1. The number of halogens is 6. The van der Waals surface area contributed by atoms with Crippen molar-refractivity contribution in [1.82, 2.24) is 5.32 Å². The second kappa shape index (κ2) is 19.5. The van der Waals surface area contributed by atoms with Crippen molar-refractivity contribution in [3.05, 3.63) is 242 Å². The minimum Gasteiger partial charge on any atom is -0.506 e. The van der Waals surface area contributed by atoms with E-state index in [1.54, 1.807) is 30.3 Å². The van der Waals surface area contributed by atoms with Gasteiger partial charge in [0.1, 0.15) is 18.1 Å². The van der Waals surface area contributed by atoms with Crippen molar-refractivity contribution < 1.29 is 60.3 Å². The molecule has 11 rings (SSSR count). The number of anilines is 2. The summed E-state index contributed by atoms with van der Waals surface area (Å²) in [4.78, 5) is 66.8. The van der Waals surface area contributed by atoms with Gasteiger partial charge in [-0.25, -0.2) is 4.90 Å². The van der Waals surface area contributed by atoms with Gasteiger partial charge in [0, 0.05) is 24.4 Å². The number of aromatic hydroxyl groups is 1. The molecule has 0 spiro atoms. The Morgan fingerprint density at radius 3 is 1.71 bits per heavy atom. The number of alkyl halides is 6. The number of carbonyl (C=O) groups excluding carboxylic acids is 4. The number of azo groups is 1. The van der Waals surface area contributed by atoms with Crippen molar-refractivity contribution in [1.29, 1.82) is 0 Å². The number of phenols is 1. The highest BCUT2D eigenvalue weighted by Gasteiger charge is 2.73. The number of rotatable bonds is 14. The van der Waals surface area contributed by atoms with Crippen molar-refractivity contribution in [2.45, 2.75) is 30.1 Å². The molecule has 0 unspecified atom stereocenters. The van der Waals surface area contributed by atoms with E-state index >= 15 is 26.3 Å². The predicted molar refractivity (Wildman–Crippen MR) is 281 cm³/mol. The molecule has 80 heavy (non-hydrogen) atoms. The van der Waals surface area contributed by atoms with Gasteiger partial charge in [-0.15, -0.1) is 0 Å². The number of ether oxygens (including phenoxy) is 1. The number of benzene rings is 8. The number of hydrogen-bond donors (Lipinski definition) is 2. The van der Waals surface area contributed by atoms with E-state index < -0.39 is 96.6 Å². The van der Waals surface area contributed by atoms with E-state index in [1.807, 2.05) is 85.0 Å². The molecule has 14 nitrogen and oxygen atoms in total. The van der Waals surface area contributed by atoms with E-state index in [0.29, 0.717) is 82.6 Å². The average Bonchev–Trinajstić information content (AvgIpc) is 4.03. The van der Waals surface area contributed by atoms with Gasteiger partial charge in [0.05, 0.1) is 56.2 Å². The molecule has 0 saturated heterocycles. The van der Waals surface area contributed by atoms with Crippen molar-refractivity contribution in [3.63, 3.8) is 0 Å². The molecule has 0 saturated carbocycles. The number of nitro benzene ring substituents is 1. The molecule has 4 amide bonds. The zero-order valence-electron chi connectivity index (χ0n) is 41.7. The fraction of sp³-hybridized carbons (Fsp3) is 0.133. The number of imide groups is 2. The first-order valence-electron chi connectivity index (χ1n) is 24.7. The molecule has 1 aliphatic carbocycles. The molecule has 0 aromatic heterocycles. The Bertz CT molecular complexity index is 3840. The minimum atomic E-state index is -6.17. The lowest BCUT2D eigenvalue weighted by Crippen LogP contribution is -2.55. The molecule has 3 aliphatic rings. The maximum atomic E-state index is 15.4. The molecule has 0 radical (unpaired) electrons. The predicted octanol–water partition coefficient (Wildman–Crippen LogP) is 13.1. The Labute approximate surface area is 450 Å². The summed E-state index contributed by atoms with van der Waals surface area (Å²) in [7, 11) is 0. The first-order chi connectivity index (χ1) is 38.3. The summed E-state index contributed by atoms with van der Waals surface area (Å²) in [6.45, 7) is 3.41. The van der Waals surface area contributed by atoms with Crippen LogP contribution in [0.4, 0.5) is 54.8 Å². The first-order valence-corrected chi connectivity index (χ1v) is 24.7. The maximum Gasteiger partial charge on any atom is 0.411 e. The standard InChI is InChI=1S/C60H40F6N6O8/c1-2-70(40-20-16-38(17-21-40)68-69-39-18-22-41(23-19-39)72(78)79)29-30-80-42-24-11-34(12-25-42)57(49-9-5-3-7-43(49)44-8-4-6-10-50(44)57)35-15-28-52(73)51(33-35)71-55(76)46-27-14-37(32-48(46)56(71)77)58(59(61,62)63,60(64,65)66)36-13-26-45-47(31-36)54(75)67-53(45)74/h3-28,31-33,73H,2,29-30H2,1H3,(H,67,74,75). The number of likely N-dealkylation sites (N-methyl/N-ethyl adjacent to an activating group) is 1. The number of amides is 4. The third kappa shape index (κ3) is 8.29. The van der Waals surface area contributed by atoms with Crippen LogP contribution in [-0.2, 0) is 10.8 Å². The van der Waals surface area contributed by atoms with Gasteiger partial charge in [-0.2, -0.15) is 36.6 Å². The van der Waals surface area contributed by atoms with Crippen LogP contribution in [0, 0.1) is 10.1 Å². The maximum absolute atomic E-state index is 15.4. The zero-order chi connectivity index (χ0) is 56.5. The summed E-state index contributed by atoms with van der Waals surface area (Å²) in [5.74, 6) is -4.74. The zero-order valence-corrected chi connectivity index (χ0v) is 41.7. The van der Waals surface area contributed by atoms with Crippen molar-refractivity contribution in [2.75, 3.05) is 29.5 Å². The lowest BCUT2D eigenvalue weighted by atomic mass is 9.67. The highest BCUT2D eigenvalue weighted by Crippen LogP contribution is 2.59. The van der Waals surface area contributed by atoms with Crippen LogP contribution >= 0.6 is 0 Å². The molecule has 0 atom stereocenters. The van der Waals surface area contributed by atoms with Crippen LogP contribution < -0.4 is 19.9 Å². The van der Waals surface area contributed by atoms with Crippen LogP contribution in [0.1, 0.15) is 81.7 Å². The fourth-order valence-electron chi connectivity index (χ4n) is 11.1. The second-order valence-electron chi connectivity index (χ2n) is 19.0. The monoisotopic (exact) mass is 1090 g/mol. The molecule has 0 fully saturated rings. The van der Waals surface area contributed by atoms with E-state index in [2.05, 4.69) is 15.1 Å². The first kappa shape index (κ1) is 52.1. The van der Waals surface area contributed by atoms with Crippen molar-refractivity contribution in [3.8, 4) is 22.6 Å². The van der Waals surface area contributed by atoms with Crippen LogP contribution in [0.3, 0.4) is 0 Å². The van der Waals surface area contributed by atoms with E-state index in [1.165, 1.54) is 36.4 Å². The third-order valence-electron chi connectivity index (χ3n) is 14.8. The van der Waals surface area contributed by atoms with Crippen LogP contribution in [-0.4, -0.2) is 65.7 Å². The summed E-state index contributed by atoms with van der Waals surface area (Å²) in [5, 5.41) is 32.8. The van der Waals surface area contributed by atoms with E-state index in [4.69, 9.17) is 4.74 Å². The highest BCUT2D eigenvalue weighted by atomic mass is 19.4. The van der Waals surface area contributed by atoms with E-state index in [9.17, 15) is 34.4 Å². The average molecular weight is 1090 g/mol. The van der Waals surface area contributed by atoms with Crippen LogP contribution in [0.25, 0.3) is 11.1 Å². The number of phenolic OH excluding ortho intramolecular Hbond substituents is 1. The van der Waals surface area contributed by atoms with E-state index in [0.717, 1.165) is 27.9 Å². The quantitative estimate of drug-likeness (QED) is 0.0352. The summed E-state index contributed by atoms with van der Waals surface area (Å²) in [6, 6.07) is 42.8. The van der Waals surface area contributed by atoms with Gasteiger partial charge in [-0.05, 0) is 136 Å². The highest BCUT2D eigenvalue weighted by molar-refractivity contribution is 6.35. The lowest BCUT2D eigenvalue weighted by Gasteiger charge is -2.38. The van der Waals surface area contributed by atoms with Crippen LogP contribution in [0.15, 0.2) is 186 Å². The second-order valence-corrected chi connectivity index (χ2v) is 19.0. The van der Waals surface area contributed by atoms with Crippen molar-refractivity contribution in [2.24, 2.45) is 10.2 Å². The number of carbonyl (C=O) groups is 4. The number of hydrogen-bond acceptors (Lipinski definition) is 11. The van der Waals surface area contributed by atoms with E-state index in [-0.39, 0.29) is 12.3 Å². The van der Waals surface area contributed by atoms with Crippen LogP contribution in [0.2, 0.25) is 0 Å². The Kier molecular flexibility index (Phi) is 12.7. The molecule has 2 heterocycles. The number of non-ortho nitro benzene ring substituents is 1. The molecular weight excluding hydrogens is 1050 g/mol. The molecular formula is C60H40F6N6O8. The normalized spacial score (nSPS) is 14.5. The summed E-state index contributed by atoms with van der Waals surface area (Å²) >= 11 is 0. The van der Waals surface area contributed by atoms with Crippen LogP contribution in [0.5, 0.6) is 11.5 Å². The van der Waals surface area contributed by atoms with Gasteiger partial charge in [0.15, 0.2) is 0 Å². The Hall–Kier alpha value is -9.98. The molecule has 2 N–H and O–H groups in total. The third-order valence-corrected chi connectivity index (χ3v) is 14.8. The van der Waals surface area contributed by atoms with Gasteiger partial charge < -0.3 is 14.7 Å². The molecule has 0 bridgehead atoms. The largest absolute Gasteiger partial charge is 0.506 e. The Balaban J connectivity index is 0.904.